The van der Waals surface area contributed by atoms with Crippen LogP contribution >= 0.6 is 0 Å². The van der Waals surface area contributed by atoms with Crippen molar-refractivity contribution in [3.63, 3.8) is 0 Å². The molecule has 112 valence electrons. The van der Waals surface area contributed by atoms with E-state index in [1.54, 1.807) is 0 Å². The second-order valence-corrected chi connectivity index (χ2v) is 5.66. The number of hydrogen-bond donors (Lipinski definition) is 1. The number of nitrogens with zero attached hydrogens (tertiary/aromatic N) is 1. The second-order valence-electron chi connectivity index (χ2n) is 5.66. The first kappa shape index (κ1) is 15.4. The van der Waals surface area contributed by atoms with Crippen molar-refractivity contribution in [2.75, 3.05) is 23.7 Å². The molecule has 0 fully saturated rings. The third-order valence-corrected chi connectivity index (χ3v) is 4.18. The molecule has 0 spiro atoms. The maximum absolute atomic E-state index is 6.24. The van der Waals surface area contributed by atoms with E-state index in [1.807, 2.05) is 0 Å². The van der Waals surface area contributed by atoms with Crippen LogP contribution in [0.1, 0.15) is 36.1 Å². The van der Waals surface area contributed by atoms with Gasteiger partial charge in [0.05, 0.1) is 11.4 Å². The van der Waals surface area contributed by atoms with Crippen molar-refractivity contribution < 1.29 is 0 Å². The normalized spacial score (nSPS) is 10.7. The van der Waals surface area contributed by atoms with Gasteiger partial charge < -0.3 is 10.6 Å². The zero-order chi connectivity index (χ0) is 15.4. The van der Waals surface area contributed by atoms with Crippen LogP contribution in [0.2, 0.25) is 0 Å². The van der Waals surface area contributed by atoms with Crippen LogP contribution < -0.4 is 10.6 Å². The highest BCUT2D eigenvalue weighted by Gasteiger charge is 2.07. The van der Waals surface area contributed by atoms with E-state index in [0.29, 0.717) is 0 Å². The number of anilines is 2. The fourth-order valence-electron chi connectivity index (χ4n) is 2.72. The summed E-state index contributed by atoms with van der Waals surface area (Å²) in [6, 6.07) is 13.1. The lowest BCUT2D eigenvalue weighted by molar-refractivity contribution is 0.867. The van der Waals surface area contributed by atoms with Gasteiger partial charge >= 0.3 is 0 Å². The van der Waals surface area contributed by atoms with Gasteiger partial charge in [-0.25, -0.2) is 0 Å². The van der Waals surface area contributed by atoms with Crippen LogP contribution in [-0.4, -0.2) is 13.1 Å². The van der Waals surface area contributed by atoms with E-state index in [4.69, 9.17) is 5.73 Å². The lowest BCUT2D eigenvalue weighted by Crippen LogP contribution is -2.22. The summed E-state index contributed by atoms with van der Waals surface area (Å²) < 4.78 is 0. The predicted molar refractivity (Wildman–Crippen MR) is 93.1 cm³/mol. The minimum Gasteiger partial charge on any atom is -0.397 e. The molecular weight excluding hydrogens is 256 g/mol. The highest BCUT2D eigenvalue weighted by molar-refractivity contribution is 5.68. The van der Waals surface area contributed by atoms with Crippen LogP contribution in [0.4, 0.5) is 11.4 Å². The van der Waals surface area contributed by atoms with Gasteiger partial charge in [0.1, 0.15) is 0 Å². The molecule has 2 aromatic rings. The Labute approximate surface area is 128 Å². The zero-order valence-corrected chi connectivity index (χ0v) is 13.6. The Morgan fingerprint density at radius 1 is 0.857 bits per heavy atom. The minimum atomic E-state index is 0.875. The molecule has 0 aliphatic heterocycles. The van der Waals surface area contributed by atoms with E-state index < -0.39 is 0 Å². The Balaban J connectivity index is 2.22. The molecule has 0 aromatic heterocycles. The van der Waals surface area contributed by atoms with E-state index in [-0.39, 0.29) is 0 Å². The number of nitrogen functional groups attached to an aromatic ring is 1. The number of nitrogens with two attached hydrogens (primary N) is 1. The van der Waals surface area contributed by atoms with Gasteiger partial charge in [0.25, 0.3) is 0 Å². The molecule has 2 N–H and O–H groups in total. The van der Waals surface area contributed by atoms with Crippen molar-refractivity contribution in [2.45, 2.75) is 34.1 Å². The Bertz CT molecular complexity index is 613. The van der Waals surface area contributed by atoms with Crippen molar-refractivity contribution in [3.05, 3.63) is 58.7 Å². The van der Waals surface area contributed by atoms with Gasteiger partial charge in [-0.2, -0.15) is 0 Å². The van der Waals surface area contributed by atoms with Gasteiger partial charge in [-0.1, -0.05) is 24.3 Å². The summed E-state index contributed by atoms with van der Waals surface area (Å²) in [6.45, 7) is 10.6. The van der Waals surface area contributed by atoms with Gasteiger partial charge in [0, 0.05) is 13.1 Å². The molecule has 0 amide bonds. The molecule has 0 heterocycles. The monoisotopic (exact) mass is 282 g/mol. The third-order valence-electron chi connectivity index (χ3n) is 4.18. The van der Waals surface area contributed by atoms with Crippen LogP contribution in [0, 0.1) is 13.8 Å². The molecule has 0 aliphatic carbocycles. The third kappa shape index (κ3) is 3.57. The Hall–Kier alpha value is -1.96. The molecule has 21 heavy (non-hydrogen) atoms. The molecule has 2 aromatic carbocycles. The minimum absolute atomic E-state index is 0.875. The molecule has 0 bridgehead atoms. The molecule has 0 saturated carbocycles. The molecule has 0 saturated heterocycles. The maximum atomic E-state index is 6.24. The smallest absolute Gasteiger partial charge is 0.0599 e. The largest absolute Gasteiger partial charge is 0.397 e. The topological polar surface area (TPSA) is 29.3 Å². The van der Waals surface area contributed by atoms with Gasteiger partial charge in [0.2, 0.25) is 0 Å². The molecule has 0 radical (unpaired) electrons. The standard InChI is InChI=1S/C19H26N2/c1-5-21(6-2)19-10-9-17(13-18(19)20)12-16-8-7-14(3)15(4)11-16/h7-11,13H,5-6,12,20H2,1-4H3. The summed E-state index contributed by atoms with van der Waals surface area (Å²) in [5.41, 5.74) is 13.6. The van der Waals surface area contributed by atoms with Gasteiger partial charge in [-0.05, 0) is 68.5 Å². The van der Waals surface area contributed by atoms with Crippen molar-refractivity contribution in [2.24, 2.45) is 0 Å². The van der Waals surface area contributed by atoms with E-state index >= 15 is 0 Å². The highest BCUT2D eigenvalue weighted by Crippen LogP contribution is 2.25. The number of benzene rings is 2. The molecule has 0 atom stereocenters. The van der Waals surface area contributed by atoms with Crippen molar-refractivity contribution in [3.8, 4) is 0 Å². The lowest BCUT2D eigenvalue weighted by Gasteiger charge is -2.23. The van der Waals surface area contributed by atoms with Crippen LogP contribution in [0.15, 0.2) is 36.4 Å². The first-order valence-corrected chi connectivity index (χ1v) is 7.74. The summed E-state index contributed by atoms with van der Waals surface area (Å²) in [7, 11) is 0. The summed E-state index contributed by atoms with van der Waals surface area (Å²) in [6.07, 6.45) is 0.934. The maximum Gasteiger partial charge on any atom is 0.0599 e. The van der Waals surface area contributed by atoms with Crippen molar-refractivity contribution in [1.82, 2.24) is 0 Å². The van der Waals surface area contributed by atoms with Crippen LogP contribution in [0.25, 0.3) is 0 Å². The van der Waals surface area contributed by atoms with Crippen LogP contribution in [0.3, 0.4) is 0 Å². The number of rotatable bonds is 5. The van der Waals surface area contributed by atoms with E-state index in [9.17, 15) is 0 Å². The molecule has 2 nitrogen and oxygen atoms in total. The first-order valence-electron chi connectivity index (χ1n) is 7.74. The molecule has 2 rings (SSSR count). The van der Waals surface area contributed by atoms with Crippen LogP contribution in [-0.2, 0) is 6.42 Å². The Morgan fingerprint density at radius 2 is 1.48 bits per heavy atom. The van der Waals surface area contributed by atoms with Crippen molar-refractivity contribution in [1.29, 1.82) is 0 Å². The fourth-order valence-corrected chi connectivity index (χ4v) is 2.72. The summed E-state index contributed by atoms with van der Waals surface area (Å²) in [4.78, 5) is 2.29. The molecule has 2 heteroatoms. The predicted octanol–water partition coefficient (Wildman–Crippen LogP) is 4.32. The molecule has 0 unspecified atom stereocenters. The van der Waals surface area contributed by atoms with E-state index in [2.05, 4.69) is 69.0 Å². The van der Waals surface area contributed by atoms with Crippen molar-refractivity contribution >= 4 is 11.4 Å². The van der Waals surface area contributed by atoms with Crippen LogP contribution in [0.5, 0.6) is 0 Å². The van der Waals surface area contributed by atoms with Gasteiger partial charge in [-0.3, -0.25) is 0 Å². The fraction of sp³-hybridized carbons (Fsp3) is 0.368. The number of aryl methyl sites for hydroxylation is 2. The van der Waals surface area contributed by atoms with E-state index in [1.165, 1.54) is 22.3 Å². The first-order chi connectivity index (χ1) is 10.0. The zero-order valence-electron chi connectivity index (χ0n) is 13.6. The van der Waals surface area contributed by atoms with E-state index in [0.717, 1.165) is 30.9 Å². The molecular formula is C19H26N2. The average Bonchev–Trinajstić information content (AvgIpc) is 2.46. The SMILES string of the molecule is CCN(CC)c1ccc(Cc2ccc(C)c(C)c2)cc1N. The van der Waals surface area contributed by atoms with Gasteiger partial charge in [-0.15, -0.1) is 0 Å². The quantitative estimate of drug-likeness (QED) is 0.827. The number of hydrogen-bond acceptors (Lipinski definition) is 2. The lowest BCUT2D eigenvalue weighted by atomic mass is 10.00. The highest BCUT2D eigenvalue weighted by atomic mass is 15.1. The second kappa shape index (κ2) is 6.66. The summed E-state index contributed by atoms with van der Waals surface area (Å²) in [5.74, 6) is 0. The average molecular weight is 282 g/mol. The van der Waals surface area contributed by atoms with Gasteiger partial charge in [0.15, 0.2) is 0 Å². The summed E-state index contributed by atoms with van der Waals surface area (Å²) >= 11 is 0. The Kier molecular flexibility index (Phi) is 4.89. The summed E-state index contributed by atoms with van der Waals surface area (Å²) in [5, 5.41) is 0. The molecule has 0 aliphatic rings. The Morgan fingerprint density at radius 3 is 2.05 bits per heavy atom.